The Labute approximate surface area is 246 Å². The van der Waals surface area contributed by atoms with Crippen molar-refractivity contribution in [2.24, 2.45) is 0 Å². The molecule has 0 spiro atoms. The predicted octanol–water partition coefficient (Wildman–Crippen LogP) is 3.75. The highest BCUT2D eigenvalue weighted by Gasteiger charge is 2.39. The molecule has 2 fully saturated rings. The molecule has 2 saturated heterocycles. The van der Waals surface area contributed by atoms with Gasteiger partial charge in [0.25, 0.3) is 0 Å². The molecular formula is C29H50N4O7Si. The second-order valence-electron chi connectivity index (χ2n) is 10.4. The fraction of sp³-hybridized carbons (Fsp3) is 0.724. The molecule has 1 aromatic carbocycles. The van der Waals surface area contributed by atoms with E-state index in [-0.39, 0.29) is 24.3 Å². The summed E-state index contributed by atoms with van der Waals surface area (Å²) in [6.45, 7) is 14.1. The molecule has 2 aliphatic heterocycles. The van der Waals surface area contributed by atoms with Crippen molar-refractivity contribution >= 4 is 20.9 Å². The summed E-state index contributed by atoms with van der Waals surface area (Å²) in [5, 5.41) is 6.08. The van der Waals surface area contributed by atoms with E-state index in [1.165, 1.54) is 0 Å². The van der Waals surface area contributed by atoms with Gasteiger partial charge in [0.05, 0.1) is 38.5 Å². The lowest BCUT2D eigenvalue weighted by Gasteiger charge is -2.28. The van der Waals surface area contributed by atoms with Gasteiger partial charge in [-0.05, 0) is 44.7 Å². The maximum Gasteiger partial charge on any atom is 0.500 e. The minimum atomic E-state index is -2.74. The van der Waals surface area contributed by atoms with E-state index in [1.54, 1.807) is 4.90 Å². The third-order valence-corrected chi connectivity index (χ3v) is 9.95. The summed E-state index contributed by atoms with van der Waals surface area (Å²) in [4.78, 5) is 29.6. The minimum Gasteiger partial charge on any atom is -0.374 e. The van der Waals surface area contributed by atoms with E-state index in [2.05, 4.69) is 23.6 Å². The van der Waals surface area contributed by atoms with Gasteiger partial charge < -0.3 is 43.2 Å². The van der Waals surface area contributed by atoms with Gasteiger partial charge in [0, 0.05) is 52.0 Å². The van der Waals surface area contributed by atoms with Crippen LogP contribution in [0.5, 0.6) is 0 Å². The third-order valence-electron chi connectivity index (χ3n) is 6.80. The van der Waals surface area contributed by atoms with E-state index in [1.807, 2.05) is 43.9 Å². The lowest BCUT2D eigenvalue weighted by atomic mass is 10.1. The number of carbonyl (C=O) groups is 2. The van der Waals surface area contributed by atoms with Crippen molar-refractivity contribution in [2.45, 2.75) is 78.3 Å². The SMILES string of the molecule is CCCCNC(=O)N(Cc1cccc(CN(CC2CO2)C(=O)NCCC[Si](OCC)(OCC)OCC)c1)CC1CO1. The highest BCUT2D eigenvalue weighted by molar-refractivity contribution is 6.60. The topological polar surface area (TPSA) is 117 Å². The predicted molar refractivity (Wildman–Crippen MR) is 159 cm³/mol. The molecule has 0 aromatic heterocycles. The molecule has 12 heteroatoms. The summed E-state index contributed by atoms with van der Waals surface area (Å²) in [5.74, 6) is 0. The molecule has 11 nitrogen and oxygen atoms in total. The van der Waals surface area contributed by atoms with E-state index < -0.39 is 8.80 Å². The van der Waals surface area contributed by atoms with Crippen molar-refractivity contribution in [1.29, 1.82) is 0 Å². The van der Waals surface area contributed by atoms with Crippen LogP contribution in [0.3, 0.4) is 0 Å². The molecule has 0 saturated carbocycles. The van der Waals surface area contributed by atoms with Crippen LogP contribution in [0.2, 0.25) is 6.04 Å². The van der Waals surface area contributed by atoms with Gasteiger partial charge in [-0.3, -0.25) is 0 Å². The Morgan fingerprint density at radius 1 is 0.829 bits per heavy atom. The molecule has 2 N–H and O–H groups in total. The van der Waals surface area contributed by atoms with Crippen LogP contribution in [0.1, 0.15) is 58.1 Å². The van der Waals surface area contributed by atoms with Gasteiger partial charge in [0.15, 0.2) is 0 Å². The number of hydrogen-bond donors (Lipinski definition) is 2. The maximum absolute atomic E-state index is 13.2. The van der Waals surface area contributed by atoms with Crippen molar-refractivity contribution in [3.63, 3.8) is 0 Å². The van der Waals surface area contributed by atoms with Crippen molar-refractivity contribution in [3.8, 4) is 0 Å². The highest BCUT2D eigenvalue weighted by Crippen LogP contribution is 2.19. The zero-order valence-electron chi connectivity index (χ0n) is 25.3. The van der Waals surface area contributed by atoms with Gasteiger partial charge in [-0.2, -0.15) is 0 Å². The Morgan fingerprint density at radius 3 is 1.71 bits per heavy atom. The molecule has 0 radical (unpaired) electrons. The molecule has 4 amide bonds. The van der Waals surface area contributed by atoms with Crippen LogP contribution in [0.15, 0.2) is 24.3 Å². The molecule has 232 valence electrons. The van der Waals surface area contributed by atoms with Crippen LogP contribution >= 0.6 is 0 Å². The Morgan fingerprint density at radius 2 is 1.29 bits per heavy atom. The summed E-state index contributed by atoms with van der Waals surface area (Å²) in [6.07, 6.45) is 2.85. The lowest BCUT2D eigenvalue weighted by molar-refractivity contribution is 0.0708. The first kappa shape index (κ1) is 33.3. The van der Waals surface area contributed by atoms with Crippen molar-refractivity contribution in [1.82, 2.24) is 20.4 Å². The molecule has 2 atom stereocenters. The monoisotopic (exact) mass is 594 g/mol. The Bertz CT molecular complexity index is 915. The van der Waals surface area contributed by atoms with E-state index >= 15 is 0 Å². The zero-order chi connectivity index (χ0) is 29.5. The first-order chi connectivity index (χ1) is 19.9. The van der Waals surface area contributed by atoms with Gasteiger partial charge >= 0.3 is 20.9 Å². The summed E-state index contributed by atoms with van der Waals surface area (Å²) in [5.41, 5.74) is 2.02. The molecule has 41 heavy (non-hydrogen) atoms. The number of urea groups is 2. The van der Waals surface area contributed by atoms with Gasteiger partial charge in [-0.15, -0.1) is 0 Å². The number of benzene rings is 1. The average Bonchev–Trinajstić information content (AvgIpc) is 3.88. The van der Waals surface area contributed by atoms with Crippen molar-refractivity contribution in [2.75, 3.05) is 59.2 Å². The summed E-state index contributed by atoms with van der Waals surface area (Å²) >= 11 is 0. The molecule has 2 heterocycles. The first-order valence-corrected chi connectivity index (χ1v) is 17.1. The first-order valence-electron chi connectivity index (χ1n) is 15.2. The highest BCUT2D eigenvalue weighted by atomic mass is 28.4. The largest absolute Gasteiger partial charge is 0.500 e. The van der Waals surface area contributed by atoms with Crippen LogP contribution < -0.4 is 10.6 Å². The smallest absolute Gasteiger partial charge is 0.374 e. The second kappa shape index (κ2) is 17.7. The Kier molecular flexibility index (Phi) is 14.3. The fourth-order valence-corrected chi connectivity index (χ4v) is 7.25. The molecule has 2 aliphatic rings. The molecule has 2 unspecified atom stereocenters. The average molecular weight is 595 g/mol. The number of hydrogen-bond acceptors (Lipinski definition) is 7. The molecule has 0 bridgehead atoms. The number of rotatable bonds is 21. The number of carbonyl (C=O) groups excluding carboxylic acids is 2. The molecular weight excluding hydrogens is 544 g/mol. The quantitative estimate of drug-likeness (QED) is 0.127. The summed E-state index contributed by atoms with van der Waals surface area (Å²) in [7, 11) is -2.74. The number of unbranched alkanes of at least 4 members (excludes halogenated alkanes) is 1. The van der Waals surface area contributed by atoms with Crippen molar-refractivity contribution < 1.29 is 32.3 Å². The van der Waals surface area contributed by atoms with Gasteiger partial charge in [-0.25, -0.2) is 9.59 Å². The standard InChI is InChI=1S/C29H50N4O7Si/c1-5-9-14-30-28(34)32(20-26-22-36-26)18-24-12-10-13-25(17-24)19-33(21-27-23-37-27)29(35)31-15-11-16-41(38-6-2,39-7-3)40-8-4/h10,12-13,17,26-27H,5-9,11,14-16,18-23H2,1-4H3,(H,30,34)(H,31,35). The van der Waals surface area contributed by atoms with E-state index in [0.717, 1.165) is 24.0 Å². The normalized spacial score (nSPS) is 17.7. The van der Waals surface area contributed by atoms with E-state index in [9.17, 15) is 9.59 Å². The molecule has 3 rings (SSSR count). The third kappa shape index (κ3) is 12.3. The zero-order valence-corrected chi connectivity index (χ0v) is 26.3. The lowest BCUT2D eigenvalue weighted by Crippen LogP contribution is -2.47. The van der Waals surface area contributed by atoms with Crippen LogP contribution in [-0.4, -0.2) is 102 Å². The van der Waals surface area contributed by atoms with Gasteiger partial charge in [0.1, 0.15) is 0 Å². The number of epoxide rings is 2. The van der Waals surface area contributed by atoms with Gasteiger partial charge in [0.2, 0.25) is 0 Å². The summed E-state index contributed by atoms with van der Waals surface area (Å²) < 4.78 is 28.6. The van der Waals surface area contributed by atoms with E-state index in [0.29, 0.717) is 84.8 Å². The number of ether oxygens (including phenoxy) is 2. The van der Waals surface area contributed by atoms with E-state index in [4.69, 9.17) is 22.8 Å². The fourth-order valence-electron chi connectivity index (χ4n) is 4.64. The van der Waals surface area contributed by atoms with Gasteiger partial charge in [-0.1, -0.05) is 37.6 Å². The van der Waals surface area contributed by atoms with Crippen LogP contribution in [-0.2, 0) is 35.8 Å². The number of nitrogens with zero attached hydrogens (tertiary/aromatic N) is 2. The molecule has 1 aromatic rings. The number of amides is 4. The maximum atomic E-state index is 13.2. The van der Waals surface area contributed by atoms with Crippen molar-refractivity contribution in [3.05, 3.63) is 35.4 Å². The summed E-state index contributed by atoms with van der Waals surface area (Å²) in [6, 6.07) is 8.52. The Hall–Kier alpha value is -2.22. The van der Waals surface area contributed by atoms with Crippen LogP contribution in [0.4, 0.5) is 9.59 Å². The Balaban J connectivity index is 1.57. The number of nitrogens with one attached hydrogen (secondary N) is 2. The van der Waals surface area contributed by atoms with Crippen LogP contribution in [0.25, 0.3) is 0 Å². The molecule has 0 aliphatic carbocycles. The van der Waals surface area contributed by atoms with Crippen LogP contribution in [0, 0.1) is 0 Å². The minimum absolute atomic E-state index is 0.0682. The second-order valence-corrected chi connectivity index (χ2v) is 13.1.